The molecule has 0 fully saturated rings. The van der Waals surface area contributed by atoms with Gasteiger partial charge in [-0.25, -0.2) is 13.9 Å². The van der Waals surface area contributed by atoms with E-state index in [1.165, 1.54) is 0 Å². The summed E-state index contributed by atoms with van der Waals surface area (Å²) in [5.74, 6) is 1.31. The zero-order chi connectivity index (χ0) is 18.1. The summed E-state index contributed by atoms with van der Waals surface area (Å²) >= 11 is 0. The molecule has 0 aliphatic rings. The molecule has 132 valence electrons. The van der Waals surface area contributed by atoms with Gasteiger partial charge in [-0.3, -0.25) is 0 Å². The van der Waals surface area contributed by atoms with Crippen molar-refractivity contribution < 1.29 is 13.5 Å². The van der Waals surface area contributed by atoms with Crippen LogP contribution in [-0.4, -0.2) is 45.8 Å². The van der Waals surface area contributed by atoms with Crippen LogP contribution in [-0.2, 0) is 4.57 Å². The minimum absolute atomic E-state index is 0.117. The Morgan fingerprint density at radius 3 is 1.91 bits per heavy atom. The second kappa shape index (κ2) is 6.97. The fraction of sp³-hybridized carbons (Fsp3) is 0.625. The van der Waals surface area contributed by atoms with Gasteiger partial charge in [-0.05, 0) is 58.5 Å². The third kappa shape index (κ3) is 4.83. The lowest BCUT2D eigenvalue weighted by molar-refractivity contribution is 0.353. The summed E-state index contributed by atoms with van der Waals surface area (Å²) < 4.78 is 28.2. The summed E-state index contributed by atoms with van der Waals surface area (Å²) in [5.41, 5.74) is 0. The molecule has 1 aromatic carbocycles. The molecule has 1 aromatic rings. The Morgan fingerprint density at radius 1 is 1.00 bits per heavy atom. The molecular formula is C16H31N2O3PSi. The third-order valence-corrected chi connectivity index (χ3v) is 11.0. The van der Waals surface area contributed by atoms with Gasteiger partial charge < -0.3 is 8.95 Å². The van der Waals surface area contributed by atoms with Crippen LogP contribution in [0.3, 0.4) is 0 Å². The van der Waals surface area contributed by atoms with Crippen molar-refractivity contribution in [2.24, 2.45) is 0 Å². The molecule has 23 heavy (non-hydrogen) atoms. The van der Waals surface area contributed by atoms with E-state index in [4.69, 9.17) is 8.95 Å². The normalized spacial score (nSPS) is 13.5. The summed E-state index contributed by atoms with van der Waals surface area (Å²) in [7, 11) is 2.00. The molecular weight excluding hydrogens is 327 g/mol. The van der Waals surface area contributed by atoms with Crippen LogP contribution in [0.4, 0.5) is 0 Å². The molecule has 0 bridgehead atoms. The predicted octanol–water partition coefficient (Wildman–Crippen LogP) is 4.68. The maximum atomic E-state index is 12.9. The fourth-order valence-corrected chi connectivity index (χ4v) is 4.15. The third-order valence-electron chi connectivity index (χ3n) is 4.22. The zero-order valence-corrected chi connectivity index (χ0v) is 17.8. The van der Waals surface area contributed by atoms with Gasteiger partial charge in [0.2, 0.25) is 8.32 Å². The van der Waals surface area contributed by atoms with E-state index < -0.39 is 16.0 Å². The maximum Gasteiger partial charge on any atom is 0.394 e. The van der Waals surface area contributed by atoms with E-state index in [0.717, 1.165) is 5.75 Å². The standard InChI is InChI=1S/C16H31N2O3PSi/c1-16(2,3)23(8,9)21-15-12-10-11-14(13-15)20-22(19,17(4)5)18(6)7/h10-13H,1-9H3. The van der Waals surface area contributed by atoms with Crippen LogP contribution in [0.1, 0.15) is 20.8 Å². The second-order valence-electron chi connectivity index (χ2n) is 7.61. The van der Waals surface area contributed by atoms with E-state index >= 15 is 0 Å². The molecule has 0 amide bonds. The Balaban J connectivity index is 3.05. The first-order valence-electron chi connectivity index (χ1n) is 7.74. The Hall–Kier alpha value is -0.813. The highest BCUT2D eigenvalue weighted by molar-refractivity contribution is 7.54. The monoisotopic (exact) mass is 358 g/mol. The molecule has 0 aliphatic heterocycles. The molecule has 0 aliphatic carbocycles. The van der Waals surface area contributed by atoms with Crippen LogP contribution in [0.2, 0.25) is 18.1 Å². The van der Waals surface area contributed by atoms with Gasteiger partial charge in [-0.15, -0.1) is 0 Å². The maximum absolute atomic E-state index is 12.9. The molecule has 0 heterocycles. The minimum atomic E-state index is -3.07. The molecule has 1 rings (SSSR count). The lowest BCUT2D eigenvalue weighted by Crippen LogP contribution is -2.43. The molecule has 7 heteroatoms. The predicted molar refractivity (Wildman–Crippen MR) is 99.9 cm³/mol. The largest absolute Gasteiger partial charge is 0.543 e. The first-order valence-corrected chi connectivity index (χ1v) is 12.2. The van der Waals surface area contributed by atoms with Crippen molar-refractivity contribution in [3.05, 3.63) is 24.3 Å². The van der Waals surface area contributed by atoms with Gasteiger partial charge in [0.25, 0.3) is 0 Å². The van der Waals surface area contributed by atoms with Crippen LogP contribution >= 0.6 is 7.67 Å². The Morgan fingerprint density at radius 2 is 1.48 bits per heavy atom. The molecule has 0 atom stereocenters. The fourth-order valence-electron chi connectivity index (χ4n) is 1.70. The van der Waals surface area contributed by atoms with Crippen LogP contribution in [0.25, 0.3) is 0 Å². The minimum Gasteiger partial charge on any atom is -0.543 e. The van der Waals surface area contributed by atoms with Gasteiger partial charge in [-0.1, -0.05) is 26.8 Å². The summed E-state index contributed by atoms with van der Waals surface area (Å²) in [6, 6.07) is 7.41. The van der Waals surface area contributed by atoms with Crippen molar-refractivity contribution in [2.75, 3.05) is 28.2 Å². The number of nitrogens with zero attached hydrogens (tertiary/aromatic N) is 2. The lowest BCUT2D eigenvalue weighted by atomic mass is 10.2. The Labute approximate surface area is 142 Å². The van der Waals surface area contributed by atoms with E-state index in [9.17, 15) is 4.57 Å². The quantitative estimate of drug-likeness (QED) is 0.545. The molecule has 0 spiro atoms. The summed E-state index contributed by atoms with van der Waals surface area (Å²) in [5, 5.41) is 0.117. The average molecular weight is 358 g/mol. The molecule has 0 saturated carbocycles. The Bertz CT molecular complexity index is 571. The number of rotatable bonds is 6. The van der Waals surface area contributed by atoms with Crippen molar-refractivity contribution in [1.82, 2.24) is 9.34 Å². The number of hydrogen-bond donors (Lipinski definition) is 0. The van der Waals surface area contributed by atoms with Gasteiger partial charge in [0.15, 0.2) is 0 Å². The highest BCUT2D eigenvalue weighted by atomic mass is 31.2. The van der Waals surface area contributed by atoms with Gasteiger partial charge in [0.05, 0.1) is 0 Å². The topological polar surface area (TPSA) is 42.0 Å². The van der Waals surface area contributed by atoms with Gasteiger partial charge >= 0.3 is 7.67 Å². The number of benzene rings is 1. The first kappa shape index (κ1) is 20.2. The van der Waals surface area contributed by atoms with E-state index in [2.05, 4.69) is 33.9 Å². The second-order valence-corrected chi connectivity index (χ2v) is 15.1. The van der Waals surface area contributed by atoms with Gasteiger partial charge in [-0.2, -0.15) is 0 Å². The van der Waals surface area contributed by atoms with Crippen LogP contribution in [0.15, 0.2) is 24.3 Å². The molecule has 0 unspecified atom stereocenters. The van der Waals surface area contributed by atoms with Gasteiger partial charge in [0.1, 0.15) is 11.5 Å². The average Bonchev–Trinajstić information content (AvgIpc) is 2.36. The summed E-state index contributed by atoms with van der Waals surface area (Å²) in [6.45, 7) is 11.0. The van der Waals surface area contributed by atoms with Crippen molar-refractivity contribution in [3.63, 3.8) is 0 Å². The summed E-state index contributed by atoms with van der Waals surface area (Å²) in [4.78, 5) is 0. The van der Waals surface area contributed by atoms with Crippen LogP contribution < -0.4 is 8.95 Å². The van der Waals surface area contributed by atoms with Crippen molar-refractivity contribution in [1.29, 1.82) is 0 Å². The lowest BCUT2D eigenvalue weighted by Gasteiger charge is -2.36. The van der Waals surface area contributed by atoms with E-state index in [0.29, 0.717) is 5.75 Å². The Kier molecular flexibility index (Phi) is 6.13. The zero-order valence-electron chi connectivity index (χ0n) is 15.9. The molecule has 5 nitrogen and oxygen atoms in total. The van der Waals surface area contributed by atoms with E-state index in [1.54, 1.807) is 43.6 Å². The highest BCUT2D eigenvalue weighted by Gasteiger charge is 2.39. The molecule has 0 radical (unpaired) electrons. The molecule has 0 saturated heterocycles. The van der Waals surface area contributed by atoms with Gasteiger partial charge in [0, 0.05) is 6.07 Å². The smallest absolute Gasteiger partial charge is 0.394 e. The SMILES string of the molecule is CN(C)P(=O)(Oc1cccc(O[Si](C)(C)C(C)(C)C)c1)N(C)C. The van der Waals surface area contributed by atoms with Crippen molar-refractivity contribution >= 4 is 16.0 Å². The van der Waals surface area contributed by atoms with E-state index in [1.807, 2.05) is 18.2 Å². The first-order chi connectivity index (χ1) is 10.3. The summed E-state index contributed by atoms with van der Waals surface area (Å²) in [6.07, 6.45) is 0. The van der Waals surface area contributed by atoms with Crippen LogP contribution in [0, 0.1) is 0 Å². The number of hydrogen-bond acceptors (Lipinski definition) is 3. The van der Waals surface area contributed by atoms with Crippen molar-refractivity contribution in [2.45, 2.75) is 38.9 Å². The molecule has 0 aromatic heterocycles. The van der Waals surface area contributed by atoms with Crippen LogP contribution in [0.5, 0.6) is 11.5 Å². The van der Waals surface area contributed by atoms with Crippen molar-refractivity contribution in [3.8, 4) is 11.5 Å². The van der Waals surface area contributed by atoms with E-state index in [-0.39, 0.29) is 5.04 Å². The highest BCUT2D eigenvalue weighted by Crippen LogP contribution is 2.50. The molecule has 0 N–H and O–H groups in total.